The van der Waals surface area contributed by atoms with Gasteiger partial charge in [0.25, 0.3) is 0 Å². The molecular weight excluding hydrogens is 379 g/mol. The molecule has 2 amide bonds. The van der Waals surface area contributed by atoms with Crippen molar-refractivity contribution in [1.29, 1.82) is 0 Å². The molecule has 0 spiro atoms. The Morgan fingerprint density at radius 2 is 1.92 bits per heavy atom. The molecule has 25 heavy (non-hydrogen) atoms. The van der Waals surface area contributed by atoms with E-state index in [4.69, 9.17) is 23.2 Å². The number of anilines is 1. The molecule has 1 heterocycles. The number of carbonyl (C=O) groups excluding carboxylic acids is 1. The van der Waals surface area contributed by atoms with Gasteiger partial charge in [0.2, 0.25) is 0 Å². The minimum absolute atomic E-state index is 0.0764. The summed E-state index contributed by atoms with van der Waals surface area (Å²) in [6.45, 7) is 1.75. The largest absolute Gasteiger partial charge is 0.383 e. The second-order valence-corrected chi connectivity index (χ2v) is 7.76. The van der Waals surface area contributed by atoms with E-state index < -0.39 is 11.6 Å². The Bertz CT molecular complexity index is 891. The van der Waals surface area contributed by atoms with Gasteiger partial charge in [-0.25, -0.2) is 4.79 Å². The molecule has 3 N–H and O–H groups in total. The lowest BCUT2D eigenvalue weighted by Crippen LogP contribution is -2.40. The zero-order chi connectivity index (χ0) is 18.0. The molecule has 7 heteroatoms. The first-order valence-corrected chi connectivity index (χ1v) is 9.14. The summed E-state index contributed by atoms with van der Waals surface area (Å²) in [5.41, 5.74) is -0.646. The van der Waals surface area contributed by atoms with E-state index in [-0.39, 0.29) is 6.54 Å². The summed E-state index contributed by atoms with van der Waals surface area (Å²) in [6, 6.07) is 14.2. The Hall–Kier alpha value is -1.79. The Labute approximate surface area is 159 Å². The molecule has 1 unspecified atom stereocenters. The number of rotatable bonds is 4. The zero-order valence-corrected chi connectivity index (χ0v) is 15.7. The van der Waals surface area contributed by atoms with Crippen molar-refractivity contribution < 1.29 is 9.90 Å². The lowest BCUT2D eigenvalue weighted by atomic mass is 10.0. The highest BCUT2D eigenvalue weighted by Gasteiger charge is 2.26. The molecule has 0 bridgehead atoms. The van der Waals surface area contributed by atoms with E-state index in [0.717, 1.165) is 15.0 Å². The third kappa shape index (κ3) is 4.25. The molecule has 1 atom stereocenters. The molecular formula is C18H16Cl2N2O2S. The maximum absolute atomic E-state index is 12.1. The molecule has 0 saturated carbocycles. The van der Waals surface area contributed by atoms with E-state index in [1.807, 2.05) is 30.3 Å². The van der Waals surface area contributed by atoms with Gasteiger partial charge >= 0.3 is 6.03 Å². The normalized spacial score (nSPS) is 13.4. The van der Waals surface area contributed by atoms with Crippen LogP contribution in [-0.2, 0) is 5.60 Å². The van der Waals surface area contributed by atoms with Crippen molar-refractivity contribution in [3.05, 3.63) is 63.5 Å². The van der Waals surface area contributed by atoms with Crippen LogP contribution in [0.15, 0.2) is 48.5 Å². The molecule has 3 aromatic rings. The van der Waals surface area contributed by atoms with Gasteiger partial charge in [-0.05, 0) is 42.6 Å². The van der Waals surface area contributed by atoms with E-state index in [0.29, 0.717) is 15.7 Å². The van der Waals surface area contributed by atoms with Gasteiger partial charge in [-0.3, -0.25) is 0 Å². The SMILES string of the molecule is CC(O)(CNC(=O)Nc1ccc(Cl)c(Cl)c1)c1cc2ccccc2s1. The van der Waals surface area contributed by atoms with Gasteiger partial charge in [0.15, 0.2) is 0 Å². The number of aliphatic hydroxyl groups is 1. The van der Waals surface area contributed by atoms with Crippen LogP contribution in [0.25, 0.3) is 10.1 Å². The highest BCUT2D eigenvalue weighted by molar-refractivity contribution is 7.19. The van der Waals surface area contributed by atoms with Gasteiger partial charge in [-0.2, -0.15) is 0 Å². The van der Waals surface area contributed by atoms with Crippen LogP contribution in [0, 0.1) is 0 Å². The van der Waals surface area contributed by atoms with Crippen LogP contribution < -0.4 is 10.6 Å². The summed E-state index contributed by atoms with van der Waals surface area (Å²) in [7, 11) is 0. The third-order valence-corrected chi connectivity index (χ3v) is 5.84. The number of hydrogen-bond donors (Lipinski definition) is 3. The van der Waals surface area contributed by atoms with E-state index in [9.17, 15) is 9.90 Å². The average Bonchev–Trinajstić information content (AvgIpc) is 3.02. The van der Waals surface area contributed by atoms with Gasteiger partial charge in [-0.1, -0.05) is 41.4 Å². The fourth-order valence-corrected chi connectivity index (χ4v) is 3.74. The van der Waals surface area contributed by atoms with Crippen LogP contribution >= 0.6 is 34.5 Å². The van der Waals surface area contributed by atoms with E-state index in [1.165, 1.54) is 11.3 Å². The predicted molar refractivity (Wildman–Crippen MR) is 105 cm³/mol. The van der Waals surface area contributed by atoms with Crippen LogP contribution in [-0.4, -0.2) is 17.7 Å². The second kappa shape index (κ2) is 7.22. The van der Waals surface area contributed by atoms with Crippen LogP contribution in [0.1, 0.15) is 11.8 Å². The summed E-state index contributed by atoms with van der Waals surface area (Å²) >= 11 is 13.3. The van der Waals surface area contributed by atoms with Crippen molar-refractivity contribution in [2.75, 3.05) is 11.9 Å². The number of amides is 2. The Kier molecular flexibility index (Phi) is 5.20. The molecule has 4 nitrogen and oxygen atoms in total. The standard InChI is InChI=1S/C18H16Cl2N2O2S/c1-18(24,16-8-11-4-2-3-5-15(11)25-16)10-21-17(23)22-12-6-7-13(19)14(20)9-12/h2-9,24H,10H2,1H3,(H2,21,22,23). The molecule has 0 aliphatic carbocycles. The van der Waals surface area contributed by atoms with Crippen molar-refractivity contribution >= 4 is 56.3 Å². The Balaban J connectivity index is 1.64. The number of fused-ring (bicyclic) bond motifs is 1. The van der Waals surface area contributed by atoms with Crippen molar-refractivity contribution in [3.63, 3.8) is 0 Å². The number of urea groups is 1. The summed E-state index contributed by atoms with van der Waals surface area (Å²) in [5, 5.41) is 17.9. The third-order valence-electron chi connectivity index (χ3n) is 3.73. The van der Waals surface area contributed by atoms with E-state index >= 15 is 0 Å². The Morgan fingerprint density at radius 1 is 1.16 bits per heavy atom. The summed E-state index contributed by atoms with van der Waals surface area (Å²) in [4.78, 5) is 12.8. The van der Waals surface area contributed by atoms with Crippen LogP contribution in [0.3, 0.4) is 0 Å². The minimum Gasteiger partial charge on any atom is -0.383 e. The van der Waals surface area contributed by atoms with Crippen LogP contribution in [0.2, 0.25) is 10.0 Å². The quantitative estimate of drug-likeness (QED) is 0.566. The van der Waals surface area contributed by atoms with Crippen molar-refractivity contribution in [2.45, 2.75) is 12.5 Å². The topological polar surface area (TPSA) is 61.4 Å². The molecule has 0 fully saturated rings. The summed E-state index contributed by atoms with van der Waals surface area (Å²) < 4.78 is 1.10. The highest BCUT2D eigenvalue weighted by atomic mass is 35.5. The van der Waals surface area contributed by atoms with Gasteiger partial charge in [0.05, 0.1) is 16.6 Å². The van der Waals surface area contributed by atoms with Crippen LogP contribution in [0.4, 0.5) is 10.5 Å². The highest BCUT2D eigenvalue weighted by Crippen LogP contribution is 2.32. The van der Waals surface area contributed by atoms with Crippen molar-refractivity contribution in [3.8, 4) is 0 Å². The summed E-state index contributed by atoms with van der Waals surface area (Å²) in [6.07, 6.45) is 0. The summed E-state index contributed by atoms with van der Waals surface area (Å²) in [5.74, 6) is 0. The van der Waals surface area contributed by atoms with Gasteiger partial charge in [0.1, 0.15) is 5.60 Å². The lowest BCUT2D eigenvalue weighted by Gasteiger charge is -2.22. The van der Waals surface area contributed by atoms with Crippen LogP contribution in [0.5, 0.6) is 0 Å². The fourth-order valence-electron chi connectivity index (χ4n) is 2.34. The van der Waals surface area contributed by atoms with Gasteiger partial charge < -0.3 is 15.7 Å². The molecule has 130 valence electrons. The molecule has 1 aromatic heterocycles. The first kappa shape index (κ1) is 18.0. The number of nitrogens with one attached hydrogen (secondary N) is 2. The number of carbonyl (C=O) groups is 1. The first-order valence-electron chi connectivity index (χ1n) is 7.56. The predicted octanol–water partition coefficient (Wildman–Crippen LogP) is 5.24. The maximum atomic E-state index is 12.1. The molecule has 0 saturated heterocycles. The number of hydrogen-bond acceptors (Lipinski definition) is 3. The van der Waals surface area contributed by atoms with E-state index in [2.05, 4.69) is 10.6 Å². The molecule has 0 aliphatic heterocycles. The van der Waals surface area contributed by atoms with Gasteiger partial charge in [-0.15, -0.1) is 11.3 Å². The number of halogens is 2. The fraction of sp³-hybridized carbons (Fsp3) is 0.167. The zero-order valence-electron chi connectivity index (χ0n) is 13.3. The van der Waals surface area contributed by atoms with Gasteiger partial charge in [0, 0.05) is 15.3 Å². The molecule has 0 aliphatic rings. The monoisotopic (exact) mass is 394 g/mol. The first-order chi connectivity index (χ1) is 11.8. The lowest BCUT2D eigenvalue weighted by molar-refractivity contribution is 0.0638. The maximum Gasteiger partial charge on any atom is 0.319 e. The second-order valence-electron chi connectivity index (χ2n) is 5.86. The minimum atomic E-state index is -1.17. The smallest absolute Gasteiger partial charge is 0.319 e. The number of thiophene rings is 1. The molecule has 2 aromatic carbocycles. The average molecular weight is 395 g/mol. The molecule has 0 radical (unpaired) electrons. The van der Waals surface area contributed by atoms with Crippen molar-refractivity contribution in [2.24, 2.45) is 0 Å². The molecule has 3 rings (SSSR count). The van der Waals surface area contributed by atoms with Crippen molar-refractivity contribution in [1.82, 2.24) is 5.32 Å². The number of benzene rings is 2. The Morgan fingerprint density at radius 3 is 2.64 bits per heavy atom. The van der Waals surface area contributed by atoms with E-state index in [1.54, 1.807) is 25.1 Å².